The summed E-state index contributed by atoms with van der Waals surface area (Å²) in [6.07, 6.45) is 1.05. The van der Waals surface area contributed by atoms with Crippen molar-refractivity contribution in [3.05, 3.63) is 23.8 Å². The second kappa shape index (κ2) is 6.06. The zero-order chi connectivity index (χ0) is 14.8. The molecule has 1 amide bonds. The van der Waals surface area contributed by atoms with Crippen LogP contribution in [0.5, 0.6) is 0 Å². The first-order valence-corrected chi connectivity index (χ1v) is 7.97. The first-order valence-electron chi connectivity index (χ1n) is 6.82. The number of anilines is 2. The molecular weight excluding hydrogens is 272 g/mol. The summed E-state index contributed by atoms with van der Waals surface area (Å²) in [7, 11) is 3.98. The standard InChI is InChI=1S/C15H22N2O2S/c1-11-10-12(4-5-13(11)17(2)3)16-14(18)15(19)6-8-20-9-7-15/h4-5,10,19H,6-9H2,1-3H3,(H,16,18). The minimum absolute atomic E-state index is 0.283. The lowest BCUT2D eigenvalue weighted by atomic mass is 9.95. The number of amides is 1. The Kier molecular flexibility index (Phi) is 4.60. The molecule has 110 valence electrons. The SMILES string of the molecule is Cc1cc(NC(=O)C2(O)CCSCC2)ccc1N(C)C. The van der Waals surface area contributed by atoms with Crippen molar-refractivity contribution >= 4 is 29.0 Å². The minimum Gasteiger partial charge on any atom is -0.380 e. The molecule has 2 N–H and O–H groups in total. The maximum absolute atomic E-state index is 12.2. The Hall–Kier alpha value is -1.20. The summed E-state index contributed by atoms with van der Waals surface area (Å²) >= 11 is 1.78. The van der Waals surface area contributed by atoms with Crippen molar-refractivity contribution in [1.29, 1.82) is 0 Å². The van der Waals surface area contributed by atoms with Gasteiger partial charge in [0.25, 0.3) is 5.91 Å². The Balaban J connectivity index is 2.10. The molecule has 1 fully saturated rings. The molecule has 1 aromatic carbocycles. The van der Waals surface area contributed by atoms with E-state index in [1.165, 1.54) is 0 Å². The normalized spacial score (nSPS) is 17.6. The average Bonchev–Trinajstić information content (AvgIpc) is 2.39. The van der Waals surface area contributed by atoms with E-state index < -0.39 is 5.60 Å². The summed E-state index contributed by atoms with van der Waals surface area (Å²) in [5.41, 5.74) is 1.75. The van der Waals surface area contributed by atoms with E-state index >= 15 is 0 Å². The average molecular weight is 294 g/mol. The number of benzene rings is 1. The zero-order valence-corrected chi connectivity index (χ0v) is 13.1. The van der Waals surface area contributed by atoms with E-state index in [2.05, 4.69) is 5.32 Å². The fourth-order valence-corrected chi connectivity index (χ4v) is 3.59. The number of aryl methyl sites for hydroxylation is 1. The largest absolute Gasteiger partial charge is 0.380 e. The van der Waals surface area contributed by atoms with Crippen molar-refractivity contribution < 1.29 is 9.90 Å². The second-order valence-electron chi connectivity index (χ2n) is 5.49. The van der Waals surface area contributed by atoms with Gasteiger partial charge in [-0.15, -0.1) is 0 Å². The van der Waals surface area contributed by atoms with Gasteiger partial charge in [0.05, 0.1) is 0 Å². The van der Waals surface area contributed by atoms with Crippen LogP contribution in [0, 0.1) is 6.92 Å². The Labute approximate surface area is 124 Å². The van der Waals surface area contributed by atoms with E-state index in [1.807, 2.05) is 44.1 Å². The molecule has 1 heterocycles. The van der Waals surface area contributed by atoms with Gasteiger partial charge in [-0.1, -0.05) is 0 Å². The number of nitrogens with zero attached hydrogens (tertiary/aromatic N) is 1. The topological polar surface area (TPSA) is 52.6 Å². The van der Waals surface area contributed by atoms with Crippen LogP contribution in [-0.2, 0) is 4.79 Å². The molecule has 2 rings (SSSR count). The monoisotopic (exact) mass is 294 g/mol. The lowest BCUT2D eigenvalue weighted by Gasteiger charge is -2.30. The molecule has 0 spiro atoms. The Morgan fingerprint density at radius 2 is 2.00 bits per heavy atom. The van der Waals surface area contributed by atoms with Crippen LogP contribution >= 0.6 is 11.8 Å². The van der Waals surface area contributed by atoms with E-state index in [0.29, 0.717) is 12.8 Å². The highest BCUT2D eigenvalue weighted by Crippen LogP contribution is 2.29. The Bertz CT molecular complexity index is 497. The Morgan fingerprint density at radius 3 is 2.55 bits per heavy atom. The molecule has 20 heavy (non-hydrogen) atoms. The van der Waals surface area contributed by atoms with E-state index in [9.17, 15) is 9.90 Å². The number of thioether (sulfide) groups is 1. The first kappa shape index (κ1) is 15.2. The molecule has 1 saturated heterocycles. The van der Waals surface area contributed by atoms with Gasteiger partial charge >= 0.3 is 0 Å². The third-order valence-electron chi connectivity index (χ3n) is 3.68. The third-order valence-corrected chi connectivity index (χ3v) is 4.66. The van der Waals surface area contributed by atoms with Gasteiger partial charge in [-0.2, -0.15) is 11.8 Å². The van der Waals surface area contributed by atoms with Crippen LogP contribution in [0.3, 0.4) is 0 Å². The second-order valence-corrected chi connectivity index (χ2v) is 6.72. The van der Waals surface area contributed by atoms with Gasteiger partial charge in [-0.05, 0) is 55.0 Å². The number of nitrogens with one attached hydrogen (secondary N) is 1. The van der Waals surface area contributed by atoms with Crippen LogP contribution < -0.4 is 10.2 Å². The summed E-state index contributed by atoms with van der Waals surface area (Å²) in [5, 5.41) is 13.2. The van der Waals surface area contributed by atoms with Gasteiger partial charge in [0.1, 0.15) is 5.60 Å². The molecule has 1 aliphatic heterocycles. The molecule has 1 aliphatic rings. The fraction of sp³-hybridized carbons (Fsp3) is 0.533. The van der Waals surface area contributed by atoms with Crippen molar-refractivity contribution in [1.82, 2.24) is 0 Å². The van der Waals surface area contributed by atoms with E-state index in [-0.39, 0.29) is 5.91 Å². The summed E-state index contributed by atoms with van der Waals surface area (Å²) in [5.74, 6) is 1.39. The van der Waals surface area contributed by atoms with Crippen molar-refractivity contribution in [2.75, 3.05) is 35.8 Å². The van der Waals surface area contributed by atoms with Gasteiger partial charge in [0.15, 0.2) is 0 Å². The first-order chi connectivity index (χ1) is 9.42. The number of hydrogen-bond donors (Lipinski definition) is 2. The molecule has 4 nitrogen and oxygen atoms in total. The maximum atomic E-state index is 12.2. The third kappa shape index (κ3) is 3.27. The van der Waals surface area contributed by atoms with Crippen LogP contribution in [-0.4, -0.2) is 42.2 Å². The van der Waals surface area contributed by atoms with Gasteiger partial charge in [0.2, 0.25) is 0 Å². The van der Waals surface area contributed by atoms with Crippen molar-refractivity contribution in [3.8, 4) is 0 Å². The molecule has 1 aromatic rings. The quantitative estimate of drug-likeness (QED) is 0.898. The van der Waals surface area contributed by atoms with E-state index in [4.69, 9.17) is 0 Å². The highest BCUT2D eigenvalue weighted by molar-refractivity contribution is 7.99. The highest BCUT2D eigenvalue weighted by Gasteiger charge is 2.37. The zero-order valence-electron chi connectivity index (χ0n) is 12.3. The van der Waals surface area contributed by atoms with E-state index in [1.54, 1.807) is 11.8 Å². The molecule has 0 unspecified atom stereocenters. The minimum atomic E-state index is -1.21. The summed E-state index contributed by atoms with van der Waals surface area (Å²) in [4.78, 5) is 14.3. The van der Waals surface area contributed by atoms with Crippen molar-refractivity contribution in [3.63, 3.8) is 0 Å². The number of carbonyl (C=O) groups is 1. The molecule has 0 atom stereocenters. The van der Waals surface area contributed by atoms with Gasteiger partial charge in [-0.25, -0.2) is 0 Å². The number of carbonyl (C=O) groups excluding carboxylic acids is 1. The molecule has 0 saturated carbocycles. The predicted octanol–water partition coefficient (Wildman–Crippen LogP) is 2.26. The predicted molar refractivity (Wildman–Crippen MR) is 85.6 cm³/mol. The molecule has 0 aliphatic carbocycles. The number of hydrogen-bond acceptors (Lipinski definition) is 4. The molecular formula is C15H22N2O2S. The summed E-state index contributed by atoms with van der Waals surface area (Å²) < 4.78 is 0. The van der Waals surface area contributed by atoms with Crippen LogP contribution in [0.2, 0.25) is 0 Å². The van der Waals surface area contributed by atoms with E-state index in [0.717, 1.165) is 28.4 Å². The van der Waals surface area contributed by atoms with Gasteiger partial charge in [0, 0.05) is 25.5 Å². The van der Waals surface area contributed by atoms with Crippen molar-refractivity contribution in [2.45, 2.75) is 25.4 Å². The maximum Gasteiger partial charge on any atom is 0.256 e. The Morgan fingerprint density at radius 1 is 1.35 bits per heavy atom. The molecule has 0 aromatic heterocycles. The lowest BCUT2D eigenvalue weighted by Crippen LogP contribution is -2.45. The van der Waals surface area contributed by atoms with Crippen LogP contribution in [0.4, 0.5) is 11.4 Å². The van der Waals surface area contributed by atoms with Crippen LogP contribution in [0.15, 0.2) is 18.2 Å². The molecule has 0 bridgehead atoms. The van der Waals surface area contributed by atoms with Crippen LogP contribution in [0.25, 0.3) is 0 Å². The smallest absolute Gasteiger partial charge is 0.256 e. The highest BCUT2D eigenvalue weighted by atomic mass is 32.2. The van der Waals surface area contributed by atoms with Crippen LogP contribution in [0.1, 0.15) is 18.4 Å². The summed E-state index contributed by atoms with van der Waals surface area (Å²) in [6, 6.07) is 5.79. The number of rotatable bonds is 3. The molecule has 5 heteroatoms. The van der Waals surface area contributed by atoms with Gasteiger partial charge < -0.3 is 15.3 Å². The van der Waals surface area contributed by atoms with Gasteiger partial charge in [-0.3, -0.25) is 4.79 Å². The number of aliphatic hydroxyl groups is 1. The lowest BCUT2D eigenvalue weighted by molar-refractivity contribution is -0.134. The fourth-order valence-electron chi connectivity index (χ4n) is 2.42. The van der Waals surface area contributed by atoms with Crippen molar-refractivity contribution in [2.24, 2.45) is 0 Å². The molecule has 0 radical (unpaired) electrons. The summed E-state index contributed by atoms with van der Waals surface area (Å²) in [6.45, 7) is 2.01.